The summed E-state index contributed by atoms with van der Waals surface area (Å²) in [5.41, 5.74) is 0.601. The summed E-state index contributed by atoms with van der Waals surface area (Å²) in [4.78, 5) is 9.63. The number of nitro groups is 1. The van der Waals surface area contributed by atoms with Crippen LogP contribution in [0.3, 0.4) is 0 Å². The predicted octanol–water partition coefficient (Wildman–Crippen LogP) is 1.71. The smallest absolute Gasteiger partial charge is 0.235 e. The van der Waals surface area contributed by atoms with Gasteiger partial charge in [0.15, 0.2) is 6.29 Å². The van der Waals surface area contributed by atoms with Crippen LogP contribution in [0.1, 0.15) is 26.2 Å². The molecule has 1 fully saturated rings. The summed E-state index contributed by atoms with van der Waals surface area (Å²) in [6.07, 6.45) is 3.83. The molecule has 1 heterocycles. The molecule has 0 radical (unpaired) electrons. The van der Waals surface area contributed by atoms with Crippen molar-refractivity contribution in [2.45, 2.75) is 32.5 Å². The topological polar surface area (TPSA) is 61.6 Å². The molecule has 1 aliphatic rings. The summed E-state index contributed by atoms with van der Waals surface area (Å²) < 4.78 is 10.7. The van der Waals surface area contributed by atoms with Gasteiger partial charge in [-0.1, -0.05) is 0 Å². The average Bonchev–Trinajstić information content (AvgIpc) is 2.15. The van der Waals surface area contributed by atoms with Crippen molar-refractivity contribution >= 4 is 0 Å². The minimum atomic E-state index is -0.472. The van der Waals surface area contributed by atoms with Gasteiger partial charge in [-0.05, 0) is 26.2 Å². The van der Waals surface area contributed by atoms with Crippen LogP contribution in [-0.2, 0) is 9.47 Å². The maximum atomic E-state index is 10.1. The second kappa shape index (κ2) is 5.72. The first-order valence-electron chi connectivity index (χ1n) is 4.72. The van der Waals surface area contributed by atoms with E-state index in [2.05, 4.69) is 0 Å². The van der Waals surface area contributed by atoms with Crippen molar-refractivity contribution < 1.29 is 14.4 Å². The van der Waals surface area contributed by atoms with Crippen molar-refractivity contribution in [1.29, 1.82) is 0 Å². The quantitative estimate of drug-likeness (QED) is 0.513. The van der Waals surface area contributed by atoms with Gasteiger partial charge in [0.25, 0.3) is 0 Å². The van der Waals surface area contributed by atoms with E-state index >= 15 is 0 Å². The minimum Gasteiger partial charge on any atom is -0.353 e. The lowest BCUT2D eigenvalue weighted by Crippen LogP contribution is -2.23. The van der Waals surface area contributed by atoms with E-state index in [0.717, 1.165) is 32.1 Å². The Morgan fingerprint density at radius 1 is 1.71 bits per heavy atom. The monoisotopic (exact) mass is 201 g/mol. The van der Waals surface area contributed by atoms with Crippen LogP contribution in [0.15, 0.2) is 11.8 Å². The van der Waals surface area contributed by atoms with E-state index in [1.54, 1.807) is 6.92 Å². The van der Waals surface area contributed by atoms with Gasteiger partial charge in [0.05, 0.1) is 11.5 Å². The molecule has 0 saturated carbocycles. The van der Waals surface area contributed by atoms with E-state index in [1.165, 1.54) is 0 Å². The first-order chi connectivity index (χ1) is 6.68. The van der Waals surface area contributed by atoms with Crippen LogP contribution in [-0.4, -0.2) is 24.4 Å². The summed E-state index contributed by atoms with van der Waals surface area (Å²) in [7, 11) is 0. The second-order valence-corrected chi connectivity index (χ2v) is 3.37. The molecule has 0 amide bonds. The highest BCUT2D eigenvalue weighted by atomic mass is 16.7. The molecule has 1 saturated heterocycles. The molecule has 1 unspecified atom stereocenters. The lowest BCUT2D eigenvalue weighted by molar-refractivity contribution is -0.403. The third-order valence-electron chi connectivity index (χ3n) is 1.96. The number of nitrogens with zero attached hydrogens (tertiary/aromatic N) is 1. The highest BCUT2D eigenvalue weighted by Gasteiger charge is 2.14. The van der Waals surface area contributed by atoms with Crippen LogP contribution in [0.2, 0.25) is 0 Å². The van der Waals surface area contributed by atoms with Crippen molar-refractivity contribution in [3.8, 4) is 0 Å². The maximum absolute atomic E-state index is 10.1. The largest absolute Gasteiger partial charge is 0.353 e. The lowest BCUT2D eigenvalue weighted by Gasteiger charge is -2.22. The molecular formula is C9H15NO4. The molecule has 1 atom stereocenters. The summed E-state index contributed by atoms with van der Waals surface area (Å²) in [5.74, 6) is 0. The fourth-order valence-corrected chi connectivity index (χ4v) is 1.28. The van der Waals surface area contributed by atoms with Gasteiger partial charge in [0.2, 0.25) is 6.20 Å². The molecule has 0 spiro atoms. The van der Waals surface area contributed by atoms with Crippen LogP contribution < -0.4 is 0 Å². The van der Waals surface area contributed by atoms with Gasteiger partial charge < -0.3 is 9.47 Å². The Morgan fingerprint density at radius 3 is 3.07 bits per heavy atom. The van der Waals surface area contributed by atoms with Gasteiger partial charge in [-0.25, -0.2) is 0 Å². The zero-order valence-electron chi connectivity index (χ0n) is 8.27. The van der Waals surface area contributed by atoms with Gasteiger partial charge in [0.1, 0.15) is 0 Å². The molecule has 1 rings (SSSR count). The first-order valence-corrected chi connectivity index (χ1v) is 4.72. The summed E-state index contributed by atoms with van der Waals surface area (Å²) in [6, 6.07) is 0. The van der Waals surface area contributed by atoms with Gasteiger partial charge in [-0.3, -0.25) is 10.1 Å². The Labute approximate surface area is 82.8 Å². The van der Waals surface area contributed by atoms with E-state index in [-0.39, 0.29) is 12.9 Å². The van der Waals surface area contributed by atoms with E-state index in [4.69, 9.17) is 9.47 Å². The average molecular weight is 201 g/mol. The van der Waals surface area contributed by atoms with E-state index in [1.807, 2.05) is 0 Å². The number of hydrogen-bond acceptors (Lipinski definition) is 4. The van der Waals surface area contributed by atoms with Crippen molar-refractivity contribution in [2.24, 2.45) is 0 Å². The normalized spacial score (nSPS) is 23.5. The Morgan fingerprint density at radius 2 is 2.50 bits per heavy atom. The van der Waals surface area contributed by atoms with Gasteiger partial charge in [-0.15, -0.1) is 0 Å². The van der Waals surface area contributed by atoms with E-state index in [9.17, 15) is 10.1 Å². The van der Waals surface area contributed by atoms with Gasteiger partial charge in [0, 0.05) is 12.2 Å². The van der Waals surface area contributed by atoms with Crippen molar-refractivity contribution in [3.05, 3.63) is 21.9 Å². The summed E-state index contributed by atoms with van der Waals surface area (Å²) in [5, 5.41) is 10.1. The second-order valence-electron chi connectivity index (χ2n) is 3.37. The first kappa shape index (κ1) is 11.1. The fraction of sp³-hybridized carbons (Fsp3) is 0.778. The molecule has 0 bridgehead atoms. The number of hydrogen-bond donors (Lipinski definition) is 0. The number of rotatable bonds is 4. The Balaban J connectivity index is 2.21. The molecular weight excluding hydrogens is 186 g/mol. The molecule has 14 heavy (non-hydrogen) atoms. The van der Waals surface area contributed by atoms with E-state index < -0.39 is 4.92 Å². The van der Waals surface area contributed by atoms with Crippen LogP contribution >= 0.6 is 0 Å². The molecule has 5 nitrogen and oxygen atoms in total. The van der Waals surface area contributed by atoms with Gasteiger partial charge >= 0.3 is 0 Å². The zero-order valence-corrected chi connectivity index (χ0v) is 8.27. The third-order valence-corrected chi connectivity index (χ3v) is 1.96. The van der Waals surface area contributed by atoms with Crippen LogP contribution in [0, 0.1) is 10.1 Å². The lowest BCUT2D eigenvalue weighted by atomic mass is 10.2. The SMILES string of the molecule is C/C(=C\[N+](=O)[O-])COC1CCCCO1. The molecule has 0 aromatic rings. The highest BCUT2D eigenvalue weighted by molar-refractivity contribution is 4.92. The standard InChI is InChI=1S/C9H15NO4/c1-8(6-10(11)12)7-14-9-4-2-3-5-13-9/h6,9H,2-5,7H2,1H3/b8-6+. The summed E-state index contributed by atoms with van der Waals surface area (Å²) >= 11 is 0. The Hall–Kier alpha value is -0.940. The zero-order chi connectivity index (χ0) is 10.4. The predicted molar refractivity (Wildman–Crippen MR) is 50.3 cm³/mol. The molecule has 0 aromatic carbocycles. The molecule has 0 N–H and O–H groups in total. The highest BCUT2D eigenvalue weighted by Crippen LogP contribution is 2.14. The molecule has 5 heteroatoms. The minimum absolute atomic E-state index is 0.182. The molecule has 1 aliphatic heterocycles. The van der Waals surface area contributed by atoms with Crippen molar-refractivity contribution in [2.75, 3.05) is 13.2 Å². The van der Waals surface area contributed by atoms with Crippen molar-refractivity contribution in [1.82, 2.24) is 0 Å². The number of ether oxygens (including phenoxy) is 2. The van der Waals surface area contributed by atoms with E-state index in [0.29, 0.717) is 5.57 Å². The summed E-state index contributed by atoms with van der Waals surface area (Å²) in [6.45, 7) is 2.67. The molecule has 80 valence electrons. The third kappa shape index (κ3) is 4.34. The van der Waals surface area contributed by atoms with Gasteiger partial charge in [-0.2, -0.15) is 0 Å². The molecule has 0 aromatic heterocycles. The van der Waals surface area contributed by atoms with Crippen molar-refractivity contribution in [3.63, 3.8) is 0 Å². The van der Waals surface area contributed by atoms with Crippen LogP contribution in [0.25, 0.3) is 0 Å². The van der Waals surface area contributed by atoms with Crippen LogP contribution in [0.5, 0.6) is 0 Å². The Bertz CT molecular complexity index is 221. The maximum Gasteiger partial charge on any atom is 0.235 e. The van der Waals surface area contributed by atoms with Crippen LogP contribution in [0.4, 0.5) is 0 Å². The molecule has 0 aliphatic carbocycles. The fourth-order valence-electron chi connectivity index (χ4n) is 1.28. The Kier molecular flexibility index (Phi) is 4.55.